The molecule has 1 fully saturated rings. The Bertz CT molecular complexity index is 701. The Balaban J connectivity index is 1.46. The van der Waals surface area contributed by atoms with Gasteiger partial charge < -0.3 is 20.3 Å². The average molecular weight is 355 g/mol. The number of para-hydroxylation sites is 1. The molecule has 1 aliphatic carbocycles. The van der Waals surface area contributed by atoms with Gasteiger partial charge in [0.1, 0.15) is 11.5 Å². The van der Waals surface area contributed by atoms with Crippen LogP contribution in [0.4, 0.5) is 0 Å². The number of hydrogen-bond acceptors (Lipinski definition) is 4. The van der Waals surface area contributed by atoms with Crippen molar-refractivity contribution in [3.05, 3.63) is 59.7 Å². The molecule has 4 heteroatoms. The first-order chi connectivity index (χ1) is 12.6. The lowest BCUT2D eigenvalue weighted by molar-refractivity contribution is 0.198. The number of aryl methyl sites for hydroxylation is 1. The van der Waals surface area contributed by atoms with E-state index in [1.54, 1.807) is 7.11 Å². The van der Waals surface area contributed by atoms with Crippen molar-refractivity contribution in [1.82, 2.24) is 0 Å². The molecule has 1 aliphatic rings. The largest absolute Gasteiger partial charge is 0.496 e. The second-order valence-corrected chi connectivity index (χ2v) is 7.29. The predicted octanol–water partition coefficient (Wildman–Crippen LogP) is 3.66. The van der Waals surface area contributed by atoms with E-state index >= 15 is 0 Å². The summed E-state index contributed by atoms with van der Waals surface area (Å²) in [6.45, 7) is 0.744. The van der Waals surface area contributed by atoms with E-state index in [-0.39, 0.29) is 6.61 Å². The Morgan fingerprint density at radius 3 is 2.62 bits per heavy atom. The van der Waals surface area contributed by atoms with E-state index in [0.717, 1.165) is 43.6 Å². The van der Waals surface area contributed by atoms with Crippen molar-refractivity contribution in [2.24, 2.45) is 5.73 Å². The van der Waals surface area contributed by atoms with Crippen molar-refractivity contribution >= 4 is 0 Å². The van der Waals surface area contributed by atoms with E-state index in [1.807, 2.05) is 30.3 Å². The fourth-order valence-electron chi connectivity index (χ4n) is 3.78. The van der Waals surface area contributed by atoms with Crippen LogP contribution >= 0.6 is 0 Å². The average Bonchev–Trinajstić information content (AvgIpc) is 3.09. The van der Waals surface area contributed by atoms with Gasteiger partial charge in [0.25, 0.3) is 0 Å². The Morgan fingerprint density at radius 2 is 1.92 bits per heavy atom. The van der Waals surface area contributed by atoms with Gasteiger partial charge in [-0.2, -0.15) is 0 Å². The number of methoxy groups -OCH3 is 1. The Morgan fingerprint density at radius 1 is 1.15 bits per heavy atom. The van der Waals surface area contributed by atoms with Crippen LogP contribution < -0.4 is 15.2 Å². The molecule has 0 amide bonds. The molecular weight excluding hydrogens is 326 g/mol. The minimum atomic E-state index is -0.404. The number of aliphatic hydroxyl groups excluding tert-OH is 1. The van der Waals surface area contributed by atoms with Crippen molar-refractivity contribution in [3.63, 3.8) is 0 Å². The van der Waals surface area contributed by atoms with Crippen LogP contribution in [0.5, 0.6) is 11.5 Å². The first kappa shape index (κ1) is 18.7. The third kappa shape index (κ3) is 4.57. The molecule has 2 aromatic rings. The lowest BCUT2D eigenvalue weighted by Gasteiger charge is -2.21. The lowest BCUT2D eigenvalue weighted by Crippen LogP contribution is -2.40. The van der Waals surface area contributed by atoms with E-state index < -0.39 is 5.54 Å². The van der Waals surface area contributed by atoms with Gasteiger partial charge in [-0.15, -0.1) is 0 Å². The molecule has 0 saturated heterocycles. The Kier molecular flexibility index (Phi) is 6.17. The summed E-state index contributed by atoms with van der Waals surface area (Å²) < 4.78 is 11.3. The molecular formula is C22H29NO3. The van der Waals surface area contributed by atoms with Crippen molar-refractivity contribution in [2.75, 3.05) is 20.3 Å². The molecule has 0 radical (unpaired) electrons. The first-order valence-electron chi connectivity index (χ1n) is 9.38. The van der Waals surface area contributed by atoms with Crippen LogP contribution in [0.15, 0.2) is 48.5 Å². The number of nitrogens with two attached hydrogens (primary N) is 1. The molecule has 3 rings (SSSR count). The summed E-state index contributed by atoms with van der Waals surface area (Å²) in [5.41, 5.74) is 8.27. The highest BCUT2D eigenvalue weighted by atomic mass is 16.5. The van der Waals surface area contributed by atoms with Crippen LogP contribution in [0.2, 0.25) is 0 Å². The minimum absolute atomic E-state index is 0.0664. The van der Waals surface area contributed by atoms with E-state index in [4.69, 9.17) is 15.2 Å². The number of hydrogen-bond donors (Lipinski definition) is 2. The summed E-state index contributed by atoms with van der Waals surface area (Å²) in [5, 5.41) is 9.42. The number of rotatable bonds is 8. The van der Waals surface area contributed by atoms with E-state index in [0.29, 0.717) is 12.5 Å². The minimum Gasteiger partial charge on any atom is -0.496 e. The van der Waals surface area contributed by atoms with Crippen molar-refractivity contribution < 1.29 is 14.6 Å². The topological polar surface area (TPSA) is 64.7 Å². The van der Waals surface area contributed by atoms with Crippen LogP contribution in [-0.4, -0.2) is 31.0 Å². The number of benzene rings is 2. The summed E-state index contributed by atoms with van der Waals surface area (Å²) >= 11 is 0. The van der Waals surface area contributed by atoms with Crippen LogP contribution in [0.3, 0.4) is 0 Å². The highest BCUT2D eigenvalue weighted by Gasteiger charge is 2.35. The molecule has 0 heterocycles. The molecule has 2 atom stereocenters. The van der Waals surface area contributed by atoms with Crippen LogP contribution in [0, 0.1) is 0 Å². The standard InChI is InChI=1S/C22H29NO3/c1-25-21-7-3-2-5-18(21)6-4-14-26-20-10-8-17(9-11-20)19-12-13-22(23,15-19)16-24/h2-3,5,7-11,19,24H,4,6,12-16,23H2,1H3/t19-,22+/m1/s1. The van der Waals surface area contributed by atoms with Crippen LogP contribution in [0.1, 0.15) is 42.7 Å². The molecule has 0 bridgehead atoms. The number of aliphatic hydroxyl groups is 1. The van der Waals surface area contributed by atoms with Gasteiger partial charge in [-0.3, -0.25) is 0 Å². The maximum atomic E-state index is 9.42. The molecule has 4 nitrogen and oxygen atoms in total. The molecule has 1 saturated carbocycles. The zero-order valence-corrected chi connectivity index (χ0v) is 15.5. The normalized spacial score (nSPS) is 22.3. The molecule has 0 unspecified atom stereocenters. The van der Waals surface area contributed by atoms with Gasteiger partial charge in [0.05, 0.1) is 20.3 Å². The SMILES string of the molecule is COc1ccccc1CCCOc1ccc([C@@H]2CC[C@@](N)(CO)C2)cc1. The van der Waals surface area contributed by atoms with Gasteiger partial charge in [-0.25, -0.2) is 0 Å². The summed E-state index contributed by atoms with van der Waals surface area (Å²) in [7, 11) is 1.70. The Hall–Kier alpha value is -2.04. The zero-order valence-electron chi connectivity index (χ0n) is 15.5. The molecule has 140 valence electrons. The van der Waals surface area contributed by atoms with Gasteiger partial charge in [0, 0.05) is 5.54 Å². The van der Waals surface area contributed by atoms with Crippen molar-refractivity contribution in [3.8, 4) is 11.5 Å². The van der Waals surface area contributed by atoms with Crippen molar-refractivity contribution in [2.45, 2.75) is 43.6 Å². The van der Waals surface area contributed by atoms with E-state index in [2.05, 4.69) is 18.2 Å². The molecule has 2 aromatic carbocycles. The van der Waals surface area contributed by atoms with Crippen LogP contribution in [-0.2, 0) is 6.42 Å². The molecule has 26 heavy (non-hydrogen) atoms. The second kappa shape index (κ2) is 8.56. The van der Waals surface area contributed by atoms with Crippen LogP contribution in [0.25, 0.3) is 0 Å². The van der Waals surface area contributed by atoms with Gasteiger partial charge in [-0.1, -0.05) is 30.3 Å². The van der Waals surface area contributed by atoms with E-state index in [1.165, 1.54) is 11.1 Å². The third-order valence-corrected chi connectivity index (χ3v) is 5.36. The van der Waals surface area contributed by atoms with Crippen molar-refractivity contribution in [1.29, 1.82) is 0 Å². The number of ether oxygens (including phenoxy) is 2. The summed E-state index contributed by atoms with van der Waals surface area (Å²) in [6, 6.07) is 16.4. The monoisotopic (exact) mass is 355 g/mol. The molecule has 0 aromatic heterocycles. The molecule has 0 spiro atoms. The van der Waals surface area contributed by atoms with Gasteiger partial charge >= 0.3 is 0 Å². The molecule has 0 aliphatic heterocycles. The first-order valence-corrected chi connectivity index (χ1v) is 9.38. The Labute approximate surface area is 155 Å². The quantitative estimate of drug-likeness (QED) is 0.709. The van der Waals surface area contributed by atoms with Gasteiger partial charge in [0.15, 0.2) is 0 Å². The fourth-order valence-corrected chi connectivity index (χ4v) is 3.78. The van der Waals surface area contributed by atoms with Gasteiger partial charge in [-0.05, 0) is 67.3 Å². The zero-order chi connectivity index (χ0) is 18.4. The van der Waals surface area contributed by atoms with Gasteiger partial charge in [0.2, 0.25) is 0 Å². The maximum Gasteiger partial charge on any atom is 0.122 e. The maximum absolute atomic E-state index is 9.42. The fraction of sp³-hybridized carbons (Fsp3) is 0.455. The predicted molar refractivity (Wildman–Crippen MR) is 104 cm³/mol. The smallest absolute Gasteiger partial charge is 0.122 e. The highest BCUT2D eigenvalue weighted by molar-refractivity contribution is 5.33. The summed E-state index contributed by atoms with van der Waals surface area (Å²) in [6.07, 6.45) is 4.65. The summed E-state index contributed by atoms with van der Waals surface area (Å²) in [5.74, 6) is 2.27. The van der Waals surface area contributed by atoms with E-state index in [9.17, 15) is 5.11 Å². The third-order valence-electron chi connectivity index (χ3n) is 5.36. The molecule has 3 N–H and O–H groups in total. The summed E-state index contributed by atoms with van der Waals surface area (Å²) in [4.78, 5) is 0. The lowest BCUT2D eigenvalue weighted by atomic mass is 9.94. The second-order valence-electron chi connectivity index (χ2n) is 7.29. The highest BCUT2D eigenvalue weighted by Crippen LogP contribution is 2.39.